The van der Waals surface area contributed by atoms with Gasteiger partial charge < -0.3 is 14.2 Å². The fraction of sp³-hybridized carbons (Fsp3) is 0.235. The van der Waals surface area contributed by atoms with Crippen molar-refractivity contribution in [3.63, 3.8) is 0 Å². The molecule has 0 aliphatic heterocycles. The molecular formula is C17H17NO5. The van der Waals surface area contributed by atoms with Gasteiger partial charge in [0.05, 0.1) is 25.3 Å². The molecule has 0 radical (unpaired) electrons. The molecule has 0 saturated heterocycles. The summed E-state index contributed by atoms with van der Waals surface area (Å²) in [5.41, 5.74) is 1.41. The van der Waals surface area contributed by atoms with Crippen molar-refractivity contribution in [1.82, 2.24) is 4.98 Å². The molecule has 1 heterocycles. The van der Waals surface area contributed by atoms with Gasteiger partial charge in [-0.25, -0.2) is 4.79 Å². The fourth-order valence-corrected chi connectivity index (χ4v) is 1.91. The summed E-state index contributed by atoms with van der Waals surface area (Å²) < 4.78 is 15.3. The van der Waals surface area contributed by atoms with Gasteiger partial charge in [0.2, 0.25) is 5.78 Å². The van der Waals surface area contributed by atoms with Gasteiger partial charge in [0.1, 0.15) is 11.5 Å². The zero-order valence-corrected chi connectivity index (χ0v) is 13.2. The van der Waals surface area contributed by atoms with Crippen molar-refractivity contribution in [1.29, 1.82) is 0 Å². The normalized spacial score (nSPS) is 10.0. The van der Waals surface area contributed by atoms with Crippen LogP contribution in [0.4, 0.5) is 0 Å². The van der Waals surface area contributed by atoms with E-state index in [1.807, 2.05) is 6.92 Å². The lowest BCUT2D eigenvalue weighted by molar-refractivity contribution is 0.0473. The molecule has 0 unspecified atom stereocenters. The van der Waals surface area contributed by atoms with E-state index in [-0.39, 0.29) is 12.4 Å². The summed E-state index contributed by atoms with van der Waals surface area (Å²) in [6.45, 7) is 1.43. The van der Waals surface area contributed by atoms with Crippen LogP contribution < -0.4 is 9.47 Å². The third-order valence-electron chi connectivity index (χ3n) is 3.19. The van der Waals surface area contributed by atoms with E-state index in [1.165, 1.54) is 20.4 Å². The van der Waals surface area contributed by atoms with Gasteiger partial charge in [0.15, 0.2) is 6.61 Å². The molecule has 120 valence electrons. The molecule has 0 aliphatic carbocycles. The quantitative estimate of drug-likeness (QED) is 0.602. The molecule has 0 amide bonds. The van der Waals surface area contributed by atoms with Crippen molar-refractivity contribution in [3.8, 4) is 11.5 Å². The molecule has 0 spiro atoms. The lowest BCUT2D eigenvalue weighted by Gasteiger charge is -2.10. The summed E-state index contributed by atoms with van der Waals surface area (Å²) in [6, 6.07) is 8.11. The standard InChI is InChI=1S/C17H17NO5/c1-11-4-5-12(9-18-11)17(20)23-10-15(19)14-7-6-13(21-2)8-16(14)22-3/h4-9H,10H2,1-3H3. The Balaban J connectivity index is 2.04. The average molecular weight is 315 g/mol. The third-order valence-corrected chi connectivity index (χ3v) is 3.19. The first-order valence-corrected chi connectivity index (χ1v) is 6.90. The van der Waals surface area contributed by atoms with Crippen molar-refractivity contribution in [3.05, 3.63) is 53.3 Å². The number of hydrogen-bond donors (Lipinski definition) is 0. The summed E-state index contributed by atoms with van der Waals surface area (Å²) in [7, 11) is 2.98. The zero-order valence-electron chi connectivity index (χ0n) is 13.2. The van der Waals surface area contributed by atoms with Gasteiger partial charge in [-0.05, 0) is 31.2 Å². The van der Waals surface area contributed by atoms with Crippen molar-refractivity contribution >= 4 is 11.8 Å². The van der Waals surface area contributed by atoms with Crippen LogP contribution in [-0.4, -0.2) is 37.6 Å². The number of nitrogens with zero attached hydrogens (tertiary/aromatic N) is 1. The van der Waals surface area contributed by atoms with E-state index in [2.05, 4.69) is 4.98 Å². The second kappa shape index (κ2) is 7.40. The van der Waals surface area contributed by atoms with Crippen LogP contribution in [0.25, 0.3) is 0 Å². The predicted octanol–water partition coefficient (Wildman–Crippen LogP) is 2.45. The lowest BCUT2D eigenvalue weighted by Crippen LogP contribution is -2.15. The second-order valence-corrected chi connectivity index (χ2v) is 4.75. The first-order valence-electron chi connectivity index (χ1n) is 6.90. The van der Waals surface area contributed by atoms with Crippen LogP contribution in [-0.2, 0) is 4.74 Å². The lowest BCUT2D eigenvalue weighted by atomic mass is 10.1. The fourth-order valence-electron chi connectivity index (χ4n) is 1.91. The van der Waals surface area contributed by atoms with Crippen molar-refractivity contribution in [2.75, 3.05) is 20.8 Å². The molecule has 1 aromatic heterocycles. The summed E-state index contributed by atoms with van der Waals surface area (Å²) in [5.74, 6) is -0.0280. The van der Waals surface area contributed by atoms with Crippen LogP contribution in [0.15, 0.2) is 36.5 Å². The Morgan fingerprint density at radius 1 is 1.09 bits per heavy atom. The zero-order chi connectivity index (χ0) is 16.8. The Hall–Kier alpha value is -2.89. The molecule has 0 atom stereocenters. The van der Waals surface area contributed by atoms with E-state index in [4.69, 9.17) is 14.2 Å². The third kappa shape index (κ3) is 4.06. The molecule has 0 fully saturated rings. The number of Topliss-reactive ketones (excluding diaryl/α,β-unsaturated/α-hetero) is 1. The van der Waals surface area contributed by atoms with E-state index >= 15 is 0 Å². The van der Waals surface area contributed by atoms with Crippen LogP contribution in [0, 0.1) is 6.92 Å². The second-order valence-electron chi connectivity index (χ2n) is 4.75. The SMILES string of the molecule is COc1ccc(C(=O)COC(=O)c2ccc(C)nc2)c(OC)c1. The minimum atomic E-state index is -0.599. The maximum Gasteiger partial charge on any atom is 0.340 e. The number of carbonyl (C=O) groups is 2. The first kappa shape index (κ1) is 16.5. The minimum absolute atomic E-state index is 0.296. The van der Waals surface area contributed by atoms with Crippen LogP contribution in [0.1, 0.15) is 26.4 Å². The molecular weight excluding hydrogens is 298 g/mol. The Morgan fingerprint density at radius 2 is 1.87 bits per heavy atom. The highest BCUT2D eigenvalue weighted by molar-refractivity contribution is 6.01. The van der Waals surface area contributed by atoms with Gasteiger partial charge in [0.25, 0.3) is 0 Å². The van der Waals surface area contributed by atoms with Gasteiger partial charge in [0, 0.05) is 18.0 Å². The number of methoxy groups -OCH3 is 2. The number of carbonyl (C=O) groups excluding carboxylic acids is 2. The van der Waals surface area contributed by atoms with E-state index in [0.29, 0.717) is 22.6 Å². The highest BCUT2D eigenvalue weighted by Crippen LogP contribution is 2.25. The molecule has 2 rings (SSSR count). The van der Waals surface area contributed by atoms with Crippen molar-refractivity contribution in [2.24, 2.45) is 0 Å². The van der Waals surface area contributed by atoms with E-state index in [9.17, 15) is 9.59 Å². The largest absolute Gasteiger partial charge is 0.497 e. The van der Waals surface area contributed by atoms with E-state index < -0.39 is 5.97 Å². The van der Waals surface area contributed by atoms with E-state index in [0.717, 1.165) is 5.69 Å². The van der Waals surface area contributed by atoms with Crippen molar-refractivity contribution < 1.29 is 23.8 Å². The molecule has 6 heteroatoms. The van der Waals surface area contributed by atoms with Gasteiger partial charge in [-0.1, -0.05) is 0 Å². The molecule has 6 nitrogen and oxygen atoms in total. The number of ether oxygens (including phenoxy) is 3. The Bertz CT molecular complexity index is 709. The molecule has 0 N–H and O–H groups in total. The summed E-state index contributed by atoms with van der Waals surface area (Å²) in [4.78, 5) is 28.1. The van der Waals surface area contributed by atoms with Crippen LogP contribution in [0.5, 0.6) is 11.5 Å². The molecule has 0 bridgehead atoms. The highest BCUT2D eigenvalue weighted by atomic mass is 16.5. The number of pyridine rings is 1. The molecule has 2 aromatic rings. The topological polar surface area (TPSA) is 74.7 Å². The van der Waals surface area contributed by atoms with Crippen LogP contribution in [0.2, 0.25) is 0 Å². The molecule has 23 heavy (non-hydrogen) atoms. The number of hydrogen-bond acceptors (Lipinski definition) is 6. The number of aryl methyl sites for hydroxylation is 1. The van der Waals surface area contributed by atoms with Gasteiger partial charge >= 0.3 is 5.97 Å². The van der Waals surface area contributed by atoms with Crippen molar-refractivity contribution in [2.45, 2.75) is 6.92 Å². The Morgan fingerprint density at radius 3 is 2.48 bits per heavy atom. The molecule has 0 aliphatic rings. The van der Waals surface area contributed by atoms with Gasteiger partial charge in [-0.3, -0.25) is 9.78 Å². The predicted molar refractivity (Wildman–Crippen MR) is 83.1 cm³/mol. The minimum Gasteiger partial charge on any atom is -0.497 e. The number of esters is 1. The number of ketones is 1. The molecule has 0 saturated carbocycles. The highest BCUT2D eigenvalue weighted by Gasteiger charge is 2.16. The Kier molecular flexibility index (Phi) is 5.30. The monoisotopic (exact) mass is 315 g/mol. The first-order chi connectivity index (χ1) is 11.0. The Labute approximate surface area is 134 Å². The smallest absolute Gasteiger partial charge is 0.340 e. The molecule has 1 aromatic carbocycles. The maximum absolute atomic E-state index is 12.2. The van der Waals surface area contributed by atoms with Crippen LogP contribution >= 0.6 is 0 Å². The maximum atomic E-state index is 12.2. The van der Waals surface area contributed by atoms with E-state index in [1.54, 1.807) is 30.3 Å². The average Bonchev–Trinajstić information content (AvgIpc) is 2.59. The number of benzene rings is 1. The van der Waals surface area contributed by atoms with Gasteiger partial charge in [-0.15, -0.1) is 0 Å². The summed E-state index contributed by atoms with van der Waals surface area (Å²) >= 11 is 0. The summed E-state index contributed by atoms with van der Waals surface area (Å²) in [6.07, 6.45) is 1.41. The van der Waals surface area contributed by atoms with Crippen LogP contribution in [0.3, 0.4) is 0 Å². The number of rotatable bonds is 6. The number of aromatic nitrogens is 1. The van der Waals surface area contributed by atoms with Gasteiger partial charge in [-0.2, -0.15) is 0 Å². The summed E-state index contributed by atoms with van der Waals surface area (Å²) in [5, 5.41) is 0.